The van der Waals surface area contributed by atoms with E-state index in [1.807, 2.05) is 20.8 Å². The summed E-state index contributed by atoms with van der Waals surface area (Å²) in [5.41, 5.74) is -0.816. The SMILES string of the molecule is CN(C)C(=O)[C@@H](NC(=O)CNC(=O)C(=O)[C@H](CC1CCC1)NC(=O)[C@@H]1[C@H]2OC(C)(C)O[C@H]2CN1C(=O)[C@@H](NC(=O)NC(C)(C)C)C(C)(C)C)c1ccccc1. The summed E-state index contributed by atoms with van der Waals surface area (Å²) in [5.74, 6) is -5.37. The lowest BCUT2D eigenvalue weighted by Crippen LogP contribution is -2.62. The van der Waals surface area contributed by atoms with E-state index in [0.717, 1.165) is 19.3 Å². The van der Waals surface area contributed by atoms with Crippen LogP contribution in [0.2, 0.25) is 0 Å². The third-order valence-electron chi connectivity index (χ3n) is 9.86. The number of amides is 7. The molecule has 304 valence electrons. The van der Waals surface area contributed by atoms with E-state index in [4.69, 9.17) is 9.47 Å². The highest BCUT2D eigenvalue weighted by molar-refractivity contribution is 6.38. The van der Waals surface area contributed by atoms with Crippen molar-refractivity contribution in [3.8, 4) is 0 Å². The number of urea groups is 1. The molecule has 6 atom stereocenters. The van der Waals surface area contributed by atoms with Gasteiger partial charge in [0, 0.05) is 19.6 Å². The third kappa shape index (κ3) is 11.2. The largest absolute Gasteiger partial charge is 0.347 e. The summed E-state index contributed by atoms with van der Waals surface area (Å²) in [6.07, 6.45) is 1.16. The van der Waals surface area contributed by atoms with Crippen molar-refractivity contribution in [2.24, 2.45) is 11.3 Å². The fourth-order valence-corrected chi connectivity index (χ4v) is 6.96. The number of likely N-dealkylation sites (N-methyl/N-ethyl adjacent to an activating group) is 1. The summed E-state index contributed by atoms with van der Waals surface area (Å²) in [5, 5.41) is 13.3. The Hall–Kier alpha value is -4.57. The predicted octanol–water partition coefficient (Wildman–Crippen LogP) is 1.54. The van der Waals surface area contributed by atoms with Crippen LogP contribution in [0.3, 0.4) is 0 Å². The highest BCUT2D eigenvalue weighted by atomic mass is 16.8. The van der Waals surface area contributed by atoms with Gasteiger partial charge in [0.1, 0.15) is 30.3 Å². The van der Waals surface area contributed by atoms with Crippen LogP contribution in [-0.2, 0) is 38.2 Å². The summed E-state index contributed by atoms with van der Waals surface area (Å²) >= 11 is 0. The van der Waals surface area contributed by atoms with Gasteiger partial charge < -0.3 is 45.9 Å². The van der Waals surface area contributed by atoms with E-state index in [9.17, 15) is 33.6 Å². The first-order valence-corrected chi connectivity index (χ1v) is 18.9. The average Bonchev–Trinajstić information content (AvgIpc) is 3.55. The highest BCUT2D eigenvalue weighted by Gasteiger charge is 2.58. The smallest absolute Gasteiger partial charge is 0.315 e. The molecule has 7 amide bonds. The van der Waals surface area contributed by atoms with Gasteiger partial charge in [-0.05, 0) is 57.9 Å². The minimum atomic E-state index is -1.27. The van der Waals surface area contributed by atoms with E-state index in [0.29, 0.717) is 5.56 Å². The maximum absolute atomic E-state index is 14.4. The number of nitrogens with one attached hydrogen (secondary N) is 5. The zero-order valence-electron chi connectivity index (χ0n) is 33.7. The van der Waals surface area contributed by atoms with E-state index >= 15 is 0 Å². The molecule has 1 saturated carbocycles. The highest BCUT2D eigenvalue weighted by Crippen LogP contribution is 2.38. The number of ketones is 1. The molecule has 3 aliphatic rings. The fraction of sp³-hybridized carbons (Fsp3) is 0.667. The molecule has 0 unspecified atom stereocenters. The van der Waals surface area contributed by atoms with Gasteiger partial charge in [-0.15, -0.1) is 0 Å². The zero-order valence-corrected chi connectivity index (χ0v) is 33.7. The van der Waals surface area contributed by atoms with Gasteiger partial charge in [-0.3, -0.25) is 28.8 Å². The van der Waals surface area contributed by atoms with Crippen molar-refractivity contribution in [3.05, 3.63) is 35.9 Å². The second kappa shape index (κ2) is 17.1. The normalized spacial score (nSPS) is 22.2. The van der Waals surface area contributed by atoms with E-state index in [1.165, 1.54) is 9.80 Å². The molecule has 5 N–H and O–H groups in total. The molecule has 2 aliphatic heterocycles. The second-order valence-electron chi connectivity index (χ2n) is 17.5. The van der Waals surface area contributed by atoms with Crippen LogP contribution in [0.25, 0.3) is 0 Å². The van der Waals surface area contributed by atoms with Crippen molar-refractivity contribution >= 4 is 41.4 Å². The molecule has 2 heterocycles. The second-order valence-corrected chi connectivity index (χ2v) is 17.5. The molecular weight excluding hydrogens is 710 g/mol. The standard InChI is InChI=1S/C39H59N7O9/c1-37(2,3)31(43-36(53)44-38(4,5)6)35(52)46-21-25-30(55-39(7,8)54-25)28(46)32(49)41-24(19-22-15-14-16-22)29(48)33(50)40-20-26(47)42-27(34(51)45(9)10)23-17-12-11-13-18-23/h11-13,17-18,22,24-25,27-28,30-31H,14-16,19-21H2,1-10H3,(H,40,50)(H,41,49)(H,42,47)(H2,43,44,53)/t24-,25-,27-,28-,30-,31+/m0/s1. The molecule has 55 heavy (non-hydrogen) atoms. The third-order valence-corrected chi connectivity index (χ3v) is 9.86. The van der Waals surface area contributed by atoms with E-state index in [-0.39, 0.29) is 24.8 Å². The van der Waals surface area contributed by atoms with Crippen LogP contribution >= 0.6 is 0 Å². The summed E-state index contributed by atoms with van der Waals surface area (Å²) < 4.78 is 12.2. The minimum Gasteiger partial charge on any atom is -0.347 e. The maximum atomic E-state index is 14.4. The van der Waals surface area contributed by atoms with Gasteiger partial charge in [0.15, 0.2) is 5.79 Å². The Labute approximate surface area is 323 Å². The Balaban J connectivity index is 1.52. The summed E-state index contributed by atoms with van der Waals surface area (Å²) in [7, 11) is 3.11. The van der Waals surface area contributed by atoms with Crippen molar-refractivity contribution in [2.75, 3.05) is 27.2 Å². The lowest BCUT2D eigenvalue weighted by atomic mass is 9.80. The molecule has 2 saturated heterocycles. The van der Waals surface area contributed by atoms with Crippen molar-refractivity contribution in [1.82, 2.24) is 36.4 Å². The summed E-state index contributed by atoms with van der Waals surface area (Å²) in [6, 6.07) is 3.46. The fourth-order valence-electron chi connectivity index (χ4n) is 6.96. The van der Waals surface area contributed by atoms with Crippen LogP contribution in [0.1, 0.15) is 92.7 Å². The number of fused-ring (bicyclic) bond motifs is 1. The Bertz CT molecular complexity index is 1610. The molecule has 16 heteroatoms. The van der Waals surface area contributed by atoms with Crippen LogP contribution in [0, 0.1) is 11.3 Å². The lowest BCUT2D eigenvalue weighted by molar-refractivity contribution is -0.171. The van der Waals surface area contributed by atoms with Gasteiger partial charge in [0.05, 0.1) is 19.1 Å². The van der Waals surface area contributed by atoms with Crippen LogP contribution in [0.4, 0.5) is 4.79 Å². The van der Waals surface area contributed by atoms with Crippen LogP contribution in [0.15, 0.2) is 30.3 Å². The van der Waals surface area contributed by atoms with Crippen LogP contribution < -0.4 is 26.6 Å². The minimum absolute atomic E-state index is 0.0166. The molecule has 1 aromatic rings. The molecule has 1 aliphatic carbocycles. The lowest BCUT2D eigenvalue weighted by Gasteiger charge is -2.37. The van der Waals surface area contributed by atoms with E-state index < -0.39 is 95.1 Å². The Morgan fingerprint density at radius 3 is 2.09 bits per heavy atom. The topological polar surface area (TPSA) is 205 Å². The molecule has 4 rings (SSSR count). The van der Waals surface area contributed by atoms with E-state index in [1.54, 1.807) is 79.0 Å². The molecular formula is C39H59N7O9. The van der Waals surface area contributed by atoms with Crippen LogP contribution in [0.5, 0.6) is 0 Å². The number of likely N-dealkylation sites (tertiary alicyclic amines) is 1. The quantitative estimate of drug-likeness (QED) is 0.184. The van der Waals surface area contributed by atoms with Gasteiger partial charge >= 0.3 is 6.03 Å². The Kier molecular flexibility index (Phi) is 13.4. The van der Waals surface area contributed by atoms with Crippen molar-refractivity contribution < 1.29 is 43.0 Å². The number of carbonyl (C=O) groups is 7. The molecule has 16 nitrogen and oxygen atoms in total. The number of hydrogen-bond acceptors (Lipinski definition) is 9. The van der Waals surface area contributed by atoms with Crippen molar-refractivity contribution in [1.29, 1.82) is 0 Å². The van der Waals surface area contributed by atoms with Gasteiger partial charge in [-0.2, -0.15) is 0 Å². The average molecular weight is 770 g/mol. The number of nitrogens with zero attached hydrogens (tertiary/aromatic N) is 2. The van der Waals surface area contributed by atoms with Gasteiger partial charge in [-0.25, -0.2) is 4.79 Å². The van der Waals surface area contributed by atoms with Gasteiger partial charge in [-0.1, -0.05) is 70.4 Å². The first-order valence-electron chi connectivity index (χ1n) is 18.9. The van der Waals surface area contributed by atoms with E-state index in [2.05, 4.69) is 26.6 Å². The molecule has 3 fully saturated rings. The first-order chi connectivity index (χ1) is 25.5. The monoisotopic (exact) mass is 769 g/mol. The van der Waals surface area contributed by atoms with Crippen LogP contribution in [-0.4, -0.2) is 120 Å². The number of carbonyl (C=O) groups excluding carboxylic acids is 7. The molecule has 0 radical (unpaired) electrons. The van der Waals surface area contributed by atoms with Crippen molar-refractivity contribution in [3.63, 3.8) is 0 Å². The summed E-state index contributed by atoms with van der Waals surface area (Å²) in [6.45, 7) is 13.6. The molecule has 0 aromatic heterocycles. The number of hydrogen-bond donors (Lipinski definition) is 5. The number of ether oxygens (including phenoxy) is 2. The first kappa shape index (κ1) is 43.2. The molecule has 0 bridgehead atoms. The molecule has 1 aromatic carbocycles. The predicted molar refractivity (Wildman–Crippen MR) is 202 cm³/mol. The number of benzene rings is 1. The number of rotatable bonds is 13. The zero-order chi connectivity index (χ0) is 41.0. The Morgan fingerprint density at radius 1 is 0.909 bits per heavy atom. The van der Waals surface area contributed by atoms with Gasteiger partial charge in [0.2, 0.25) is 29.4 Å². The Morgan fingerprint density at radius 2 is 1.55 bits per heavy atom. The summed E-state index contributed by atoms with van der Waals surface area (Å²) in [4.78, 5) is 97.2. The van der Waals surface area contributed by atoms with Gasteiger partial charge in [0.25, 0.3) is 5.91 Å². The maximum Gasteiger partial charge on any atom is 0.315 e. The molecule has 0 spiro atoms. The number of Topliss-reactive ketones (excluding diaryl/α,β-unsaturated/α-hetero) is 1. The van der Waals surface area contributed by atoms with Crippen molar-refractivity contribution in [2.45, 2.75) is 129 Å².